The quantitative estimate of drug-likeness (QED) is 0.698. The molecule has 0 saturated carbocycles. The second kappa shape index (κ2) is 8.90. The number of halogens is 1. The minimum absolute atomic E-state index is 0.160. The highest BCUT2D eigenvalue weighted by molar-refractivity contribution is 5.94. The van der Waals surface area contributed by atoms with E-state index >= 15 is 0 Å². The molecular formula is C21H22FN7O2. The highest BCUT2D eigenvalue weighted by atomic mass is 19.1. The van der Waals surface area contributed by atoms with E-state index in [1.165, 1.54) is 24.3 Å². The lowest BCUT2D eigenvalue weighted by atomic mass is 10.2. The summed E-state index contributed by atoms with van der Waals surface area (Å²) >= 11 is 0. The van der Waals surface area contributed by atoms with Gasteiger partial charge in [-0.25, -0.2) is 9.18 Å². The van der Waals surface area contributed by atoms with Crippen LogP contribution in [0.25, 0.3) is 5.69 Å². The summed E-state index contributed by atoms with van der Waals surface area (Å²) in [7, 11) is 0. The van der Waals surface area contributed by atoms with Crippen LogP contribution in [-0.2, 0) is 0 Å². The monoisotopic (exact) mass is 423 g/mol. The van der Waals surface area contributed by atoms with Crippen molar-refractivity contribution in [2.75, 3.05) is 31.5 Å². The van der Waals surface area contributed by atoms with Gasteiger partial charge in [-0.2, -0.15) is 4.68 Å². The number of anilines is 1. The first-order valence-corrected chi connectivity index (χ1v) is 9.97. The zero-order chi connectivity index (χ0) is 21.8. The van der Waals surface area contributed by atoms with Gasteiger partial charge in [0, 0.05) is 37.4 Å². The number of tetrazole rings is 1. The number of aryl methyl sites for hydroxylation is 1. The van der Waals surface area contributed by atoms with Gasteiger partial charge < -0.3 is 15.1 Å². The van der Waals surface area contributed by atoms with Crippen molar-refractivity contribution < 1.29 is 14.0 Å². The summed E-state index contributed by atoms with van der Waals surface area (Å²) in [6, 6.07) is 12.5. The van der Waals surface area contributed by atoms with E-state index < -0.39 is 0 Å². The predicted octanol–water partition coefficient (Wildman–Crippen LogP) is 2.49. The molecule has 1 aliphatic heterocycles. The largest absolute Gasteiger partial charge is 0.337 e. The van der Waals surface area contributed by atoms with E-state index in [-0.39, 0.29) is 17.8 Å². The van der Waals surface area contributed by atoms with Crippen LogP contribution in [0.15, 0.2) is 48.5 Å². The normalized spacial score (nSPS) is 14.3. The fourth-order valence-corrected chi connectivity index (χ4v) is 3.49. The third kappa shape index (κ3) is 4.68. The molecule has 31 heavy (non-hydrogen) atoms. The molecule has 1 saturated heterocycles. The number of hydrogen-bond acceptors (Lipinski definition) is 5. The van der Waals surface area contributed by atoms with Gasteiger partial charge in [-0.1, -0.05) is 6.07 Å². The zero-order valence-corrected chi connectivity index (χ0v) is 17.0. The number of rotatable bonds is 3. The molecule has 3 amide bonds. The van der Waals surface area contributed by atoms with E-state index in [1.54, 1.807) is 33.5 Å². The van der Waals surface area contributed by atoms with Gasteiger partial charge in [0.1, 0.15) is 5.82 Å². The highest BCUT2D eigenvalue weighted by Gasteiger charge is 2.23. The van der Waals surface area contributed by atoms with Crippen LogP contribution in [0.1, 0.15) is 22.6 Å². The number of urea groups is 1. The van der Waals surface area contributed by atoms with E-state index in [1.807, 2.05) is 12.1 Å². The van der Waals surface area contributed by atoms with Crippen LogP contribution in [-0.4, -0.2) is 68.1 Å². The van der Waals surface area contributed by atoms with Gasteiger partial charge in [-0.05, 0) is 66.2 Å². The summed E-state index contributed by atoms with van der Waals surface area (Å²) in [6.07, 6.45) is 0.657. The summed E-state index contributed by atoms with van der Waals surface area (Å²) in [6.45, 7) is 3.68. The number of nitrogens with zero attached hydrogens (tertiary/aromatic N) is 6. The molecule has 0 aliphatic carbocycles. The molecule has 1 aromatic heterocycles. The number of hydrogen-bond donors (Lipinski definition) is 1. The summed E-state index contributed by atoms with van der Waals surface area (Å²) in [5.74, 6) is 0.100. The van der Waals surface area contributed by atoms with Crippen molar-refractivity contribution >= 4 is 17.6 Å². The lowest BCUT2D eigenvalue weighted by Gasteiger charge is -2.22. The molecule has 1 fully saturated rings. The summed E-state index contributed by atoms with van der Waals surface area (Å²) < 4.78 is 14.7. The van der Waals surface area contributed by atoms with Crippen molar-refractivity contribution in [1.82, 2.24) is 30.0 Å². The Morgan fingerprint density at radius 2 is 1.74 bits per heavy atom. The van der Waals surface area contributed by atoms with Crippen molar-refractivity contribution in [3.63, 3.8) is 0 Å². The maximum atomic E-state index is 13.1. The SMILES string of the molecule is Cc1nnnn1-c1cccc(NC(=O)N2CCCN(C(=O)c3ccc(F)cc3)CC2)c1. The number of carbonyl (C=O) groups excluding carboxylic acids is 2. The lowest BCUT2D eigenvalue weighted by Crippen LogP contribution is -2.39. The first-order chi connectivity index (χ1) is 15.0. The minimum Gasteiger partial charge on any atom is -0.337 e. The molecule has 160 valence electrons. The van der Waals surface area contributed by atoms with Gasteiger partial charge >= 0.3 is 6.03 Å². The van der Waals surface area contributed by atoms with Crippen LogP contribution in [0, 0.1) is 12.7 Å². The lowest BCUT2D eigenvalue weighted by molar-refractivity contribution is 0.0762. The molecule has 9 nitrogen and oxygen atoms in total. The number of nitrogens with one attached hydrogen (secondary N) is 1. The van der Waals surface area contributed by atoms with Crippen LogP contribution in [0.2, 0.25) is 0 Å². The topological polar surface area (TPSA) is 96.2 Å². The van der Waals surface area contributed by atoms with Crippen molar-refractivity contribution in [2.45, 2.75) is 13.3 Å². The highest BCUT2D eigenvalue weighted by Crippen LogP contribution is 2.16. The first kappa shape index (κ1) is 20.5. The third-order valence-corrected chi connectivity index (χ3v) is 5.13. The minimum atomic E-state index is -0.380. The number of aromatic nitrogens is 4. The molecular weight excluding hydrogens is 401 g/mol. The second-order valence-electron chi connectivity index (χ2n) is 7.26. The maximum absolute atomic E-state index is 13.1. The Hall–Kier alpha value is -3.82. The van der Waals surface area contributed by atoms with E-state index in [2.05, 4.69) is 20.8 Å². The Balaban J connectivity index is 1.38. The van der Waals surface area contributed by atoms with E-state index in [9.17, 15) is 14.0 Å². The molecule has 0 radical (unpaired) electrons. The first-order valence-electron chi connectivity index (χ1n) is 9.97. The maximum Gasteiger partial charge on any atom is 0.321 e. The van der Waals surface area contributed by atoms with Crippen LogP contribution in [0.5, 0.6) is 0 Å². The predicted molar refractivity (Wildman–Crippen MR) is 111 cm³/mol. The fraction of sp³-hybridized carbons (Fsp3) is 0.286. The Morgan fingerprint density at radius 3 is 2.48 bits per heavy atom. The molecule has 1 N–H and O–H groups in total. The molecule has 2 heterocycles. The van der Waals surface area contributed by atoms with Crippen LogP contribution >= 0.6 is 0 Å². The number of benzene rings is 2. The van der Waals surface area contributed by atoms with Crippen molar-refractivity contribution in [3.8, 4) is 5.69 Å². The van der Waals surface area contributed by atoms with Crippen LogP contribution in [0.4, 0.5) is 14.9 Å². The van der Waals surface area contributed by atoms with Crippen LogP contribution < -0.4 is 5.32 Å². The average molecular weight is 423 g/mol. The Kier molecular flexibility index (Phi) is 5.87. The van der Waals surface area contributed by atoms with Crippen LogP contribution in [0.3, 0.4) is 0 Å². The molecule has 0 atom stereocenters. The molecule has 4 rings (SSSR count). The average Bonchev–Trinajstić information content (AvgIpc) is 3.05. The van der Waals surface area contributed by atoms with Gasteiger partial charge in [0.2, 0.25) is 0 Å². The van der Waals surface area contributed by atoms with E-state index in [0.717, 1.165) is 5.69 Å². The fourth-order valence-electron chi connectivity index (χ4n) is 3.49. The van der Waals surface area contributed by atoms with Gasteiger partial charge in [0.25, 0.3) is 5.91 Å². The molecule has 0 spiro atoms. The summed E-state index contributed by atoms with van der Waals surface area (Å²) in [5, 5.41) is 14.3. The smallest absolute Gasteiger partial charge is 0.321 e. The molecule has 3 aromatic rings. The Labute approximate surface area is 178 Å². The van der Waals surface area contributed by atoms with Gasteiger partial charge in [0.15, 0.2) is 5.82 Å². The Bertz CT molecular complexity index is 1080. The van der Waals surface area contributed by atoms with Crippen molar-refractivity contribution in [2.24, 2.45) is 0 Å². The molecule has 0 unspecified atom stereocenters. The zero-order valence-electron chi connectivity index (χ0n) is 17.0. The van der Waals surface area contributed by atoms with Gasteiger partial charge in [-0.15, -0.1) is 5.10 Å². The standard InChI is InChI=1S/C21H22FN7O2/c1-15-24-25-26-29(15)19-5-2-4-18(14-19)23-21(31)28-11-3-10-27(12-13-28)20(30)16-6-8-17(22)9-7-16/h2,4-9,14H,3,10-13H2,1H3,(H,23,31). The van der Waals surface area contributed by atoms with E-state index in [0.29, 0.717) is 49.7 Å². The van der Waals surface area contributed by atoms with E-state index in [4.69, 9.17) is 0 Å². The number of amides is 3. The third-order valence-electron chi connectivity index (χ3n) is 5.13. The summed E-state index contributed by atoms with van der Waals surface area (Å²) in [4.78, 5) is 28.8. The van der Waals surface area contributed by atoms with Crippen molar-refractivity contribution in [3.05, 3.63) is 65.7 Å². The molecule has 1 aliphatic rings. The van der Waals surface area contributed by atoms with Gasteiger partial charge in [-0.3, -0.25) is 4.79 Å². The Morgan fingerprint density at radius 1 is 1.00 bits per heavy atom. The molecule has 0 bridgehead atoms. The van der Waals surface area contributed by atoms with Gasteiger partial charge in [0.05, 0.1) is 5.69 Å². The molecule has 10 heteroatoms. The van der Waals surface area contributed by atoms with Crippen molar-refractivity contribution in [1.29, 1.82) is 0 Å². The molecule has 2 aromatic carbocycles. The number of carbonyl (C=O) groups is 2. The second-order valence-corrected chi connectivity index (χ2v) is 7.26. The summed E-state index contributed by atoms with van der Waals surface area (Å²) in [5.41, 5.74) is 1.81.